The number of nitrogens with one attached hydrogen (secondary N) is 5. The van der Waals surface area contributed by atoms with Crippen LogP contribution in [0, 0.1) is 0 Å². The monoisotopic (exact) mass is 1140 g/mol. The number of hydrogen-bond donors (Lipinski definition) is 5. The molecule has 1 aliphatic carbocycles. The van der Waals surface area contributed by atoms with Gasteiger partial charge in [-0.15, -0.1) is 0 Å². The molecule has 1 fully saturated rings. The van der Waals surface area contributed by atoms with Crippen LogP contribution in [0.25, 0.3) is 73.2 Å². The van der Waals surface area contributed by atoms with Crippen molar-refractivity contribution in [2.45, 2.75) is 39.7 Å². The molecule has 18 heteroatoms. The van der Waals surface area contributed by atoms with E-state index in [2.05, 4.69) is 122 Å². The lowest BCUT2D eigenvalue weighted by Gasteiger charge is -2.34. The number of carbonyl (C=O) groups is 1. The zero-order chi connectivity index (χ0) is 58.6. The first-order valence-electron chi connectivity index (χ1n) is 29.2. The van der Waals surface area contributed by atoms with Gasteiger partial charge >= 0.3 is 0 Å². The van der Waals surface area contributed by atoms with Gasteiger partial charge in [-0.2, -0.15) is 0 Å². The van der Waals surface area contributed by atoms with Gasteiger partial charge in [0.2, 0.25) is 23.8 Å². The maximum atomic E-state index is 11.6. The van der Waals surface area contributed by atoms with Crippen LogP contribution in [-0.4, -0.2) is 86.8 Å². The van der Waals surface area contributed by atoms with Crippen LogP contribution in [-0.2, 0) is 24.2 Å². The molecule has 1 saturated heterocycles. The third-order valence-corrected chi connectivity index (χ3v) is 15.9. The van der Waals surface area contributed by atoms with Crippen molar-refractivity contribution in [3.05, 3.63) is 211 Å². The number of para-hydroxylation sites is 3. The van der Waals surface area contributed by atoms with Crippen LogP contribution in [0.3, 0.4) is 0 Å². The molecule has 426 valence electrons. The number of aromatic nitrogens is 10. The van der Waals surface area contributed by atoms with Crippen LogP contribution >= 0.6 is 0 Å². The number of amides is 1. The van der Waals surface area contributed by atoms with Crippen LogP contribution in [0.4, 0.5) is 58.0 Å². The van der Waals surface area contributed by atoms with Gasteiger partial charge in [0.1, 0.15) is 17.5 Å². The van der Waals surface area contributed by atoms with Gasteiger partial charge in [0.15, 0.2) is 0 Å². The van der Waals surface area contributed by atoms with Gasteiger partial charge in [-0.1, -0.05) is 92.2 Å². The highest BCUT2D eigenvalue weighted by Gasteiger charge is 2.27. The van der Waals surface area contributed by atoms with Gasteiger partial charge in [-0.05, 0) is 90.3 Å². The number of allylic oxidation sites excluding steroid dienone is 1. The number of piperazine rings is 1. The normalized spacial score (nSPS) is 13.1. The number of fused-ring (bicyclic) bond motifs is 16. The minimum atomic E-state index is 0.116. The Morgan fingerprint density at radius 1 is 0.517 bits per heavy atom. The number of rotatable bonds is 8. The molecule has 5 aliphatic rings. The van der Waals surface area contributed by atoms with Crippen LogP contribution in [0.5, 0.6) is 0 Å². The van der Waals surface area contributed by atoms with Gasteiger partial charge in [0.25, 0.3) is 0 Å². The first-order chi connectivity index (χ1) is 42.9. The Labute approximate surface area is 503 Å². The van der Waals surface area contributed by atoms with E-state index in [1.807, 2.05) is 133 Å². The van der Waals surface area contributed by atoms with Crippen molar-refractivity contribution in [2.24, 2.45) is 0 Å². The summed E-state index contributed by atoms with van der Waals surface area (Å²) in [7, 11) is 0. The van der Waals surface area contributed by atoms with Crippen molar-refractivity contribution in [3.63, 3.8) is 0 Å². The summed E-state index contributed by atoms with van der Waals surface area (Å²) in [6.45, 7) is 7.29. The summed E-state index contributed by atoms with van der Waals surface area (Å²) in [5.41, 5.74) is 20.5. The van der Waals surface area contributed by atoms with Crippen molar-refractivity contribution < 1.29 is 4.79 Å². The molecule has 0 spiro atoms. The van der Waals surface area contributed by atoms with Crippen LogP contribution < -0.4 is 31.5 Å². The van der Waals surface area contributed by atoms with E-state index in [0.29, 0.717) is 37.5 Å². The fourth-order valence-electron chi connectivity index (χ4n) is 11.6. The summed E-state index contributed by atoms with van der Waals surface area (Å²) < 4.78 is 0. The second-order valence-corrected chi connectivity index (χ2v) is 21.4. The van der Waals surface area contributed by atoms with E-state index in [9.17, 15) is 4.79 Å². The molecule has 4 aromatic carbocycles. The molecule has 0 radical (unpaired) electrons. The molecular formula is C69H59N17O. The Morgan fingerprint density at radius 2 is 1.05 bits per heavy atom. The summed E-state index contributed by atoms with van der Waals surface area (Å²) in [5, 5.41) is 17.1. The number of anilines is 10. The lowest BCUT2D eigenvalue weighted by molar-refractivity contribution is -0.129. The Bertz CT molecular complexity index is 4450. The molecular weight excluding hydrogens is 1080 g/mol. The van der Waals surface area contributed by atoms with Crippen LogP contribution in [0.2, 0.25) is 0 Å². The quantitative estimate of drug-likeness (QED) is 0.0957. The van der Waals surface area contributed by atoms with E-state index in [1.165, 1.54) is 16.7 Å². The predicted octanol–water partition coefficient (Wildman–Crippen LogP) is 13.7. The lowest BCUT2D eigenvalue weighted by Crippen LogP contribution is -2.48. The molecule has 0 atom stereocenters. The number of aryl methyl sites for hydroxylation is 1. The highest BCUT2D eigenvalue weighted by Crippen LogP contribution is 2.45. The van der Waals surface area contributed by atoms with Gasteiger partial charge in [-0.25, -0.2) is 44.9 Å². The van der Waals surface area contributed by atoms with E-state index >= 15 is 0 Å². The minimum absolute atomic E-state index is 0.116. The predicted molar refractivity (Wildman–Crippen MR) is 344 cm³/mol. The maximum absolute atomic E-state index is 11.6. The zero-order valence-electron chi connectivity index (χ0n) is 47.9. The van der Waals surface area contributed by atoms with Crippen molar-refractivity contribution in [3.8, 4) is 67.2 Å². The lowest BCUT2D eigenvalue weighted by atomic mass is 10.0. The van der Waals surface area contributed by atoms with Crippen molar-refractivity contribution in [2.75, 3.05) is 57.7 Å². The molecule has 18 nitrogen and oxygen atoms in total. The highest BCUT2D eigenvalue weighted by atomic mass is 16.2. The second kappa shape index (κ2) is 23.8. The summed E-state index contributed by atoms with van der Waals surface area (Å²) in [5.74, 6) is 4.36. The third kappa shape index (κ3) is 11.0. The Kier molecular flexibility index (Phi) is 14.7. The molecule has 5 N–H and O–H groups in total. The third-order valence-electron chi connectivity index (χ3n) is 15.9. The van der Waals surface area contributed by atoms with Crippen LogP contribution in [0.15, 0.2) is 189 Å². The number of carbonyl (C=O) groups excluding carboxylic acids is 1. The number of benzene rings is 4. The summed E-state index contributed by atoms with van der Waals surface area (Å²) in [4.78, 5) is 62.2. The maximum Gasteiger partial charge on any atom is 0.227 e. The SMILES string of the molecule is C1=Cc2c(CNc3ncc4c(n3)-c3cccnc3Nc3ccccc3-4)ccnc2C1.CC(=O)N1CCN(c2ncc3c(n2)-c2cccnc2Nc2ccccc2-3)CC1.CCCc1cccc(Nc2ncc3c(n2)-c2cccnc2Nc2ccccc2-3)c1. The van der Waals surface area contributed by atoms with Crippen molar-refractivity contribution >= 4 is 70.0 Å². The Balaban J connectivity index is 0.000000115. The van der Waals surface area contributed by atoms with Gasteiger partial charge < -0.3 is 36.4 Å². The standard InChI is InChI=1S/C24H18N6.C24H21N5.C21H20N6O/c1-2-8-21-17(5-1)19-14-28-24(30-22(19)18-7-4-11-26-23(18)29-21)27-13-15-10-12-25-20-9-3-6-16(15)20;1-2-7-16-8-5-9-17(14-16)27-24-26-15-20-18-10-3-4-12-21(18)28-23-19(22(20)29-24)11-6-13-25-23;1-14(28)26-9-11-27(12-10-26)21-23-13-17-15-5-2-3-7-18(15)24-20-16(19(17)25-21)6-4-8-22-20/h1-8,10-12,14H,9,13H2,(H,26,29)(H,27,28,30);3-6,8-15H,2,7H2,1H3,(H,25,28)(H,26,27,29);2-8,13H,9-12H2,1H3,(H,22,24). The largest absolute Gasteiger partial charge is 0.350 e. The second-order valence-electron chi connectivity index (χ2n) is 21.4. The Hall–Kier alpha value is -11.3. The van der Waals surface area contributed by atoms with Gasteiger partial charge in [-0.3, -0.25) is 9.78 Å². The molecule has 0 unspecified atom stereocenters. The highest BCUT2D eigenvalue weighted by molar-refractivity contribution is 5.98. The first-order valence-corrected chi connectivity index (χ1v) is 29.2. The fourth-order valence-corrected chi connectivity index (χ4v) is 11.6. The average molecular weight is 1140 g/mol. The molecule has 4 aliphatic heterocycles. The topological polar surface area (TPSA) is 213 Å². The first kappa shape index (κ1) is 53.7. The average Bonchev–Trinajstić information content (AvgIpc) is 2.68. The molecule has 0 bridgehead atoms. The molecule has 87 heavy (non-hydrogen) atoms. The minimum Gasteiger partial charge on any atom is -0.350 e. The molecule has 11 heterocycles. The van der Waals surface area contributed by atoms with E-state index in [0.717, 1.165) is 145 Å². The molecule has 0 saturated carbocycles. The molecule has 7 aromatic heterocycles. The molecule has 16 rings (SSSR count). The number of hydrogen-bond acceptors (Lipinski definition) is 17. The van der Waals surface area contributed by atoms with Crippen LogP contribution in [0.1, 0.15) is 42.7 Å². The molecule has 11 aromatic rings. The van der Waals surface area contributed by atoms with Gasteiger partial charge in [0, 0.05) is 168 Å². The van der Waals surface area contributed by atoms with E-state index < -0.39 is 0 Å². The zero-order valence-corrected chi connectivity index (χ0v) is 47.9. The number of pyridine rings is 4. The van der Waals surface area contributed by atoms with E-state index in [1.54, 1.807) is 25.5 Å². The van der Waals surface area contributed by atoms with Crippen molar-refractivity contribution in [1.82, 2.24) is 54.7 Å². The molecule has 1 amide bonds. The summed E-state index contributed by atoms with van der Waals surface area (Å²) in [6.07, 6.45) is 20.3. The Morgan fingerprint density at radius 3 is 1.62 bits per heavy atom. The van der Waals surface area contributed by atoms with E-state index in [4.69, 9.17) is 15.0 Å². The van der Waals surface area contributed by atoms with Gasteiger partial charge in [0.05, 0.1) is 22.8 Å². The number of nitrogens with zero attached hydrogens (tertiary/aromatic N) is 12. The van der Waals surface area contributed by atoms with Crippen molar-refractivity contribution in [1.29, 1.82) is 0 Å². The fraction of sp³-hybridized carbons (Fsp3) is 0.145. The smallest absolute Gasteiger partial charge is 0.227 e. The summed E-state index contributed by atoms with van der Waals surface area (Å²) >= 11 is 0. The summed E-state index contributed by atoms with van der Waals surface area (Å²) in [6, 6.07) is 46.8. The van der Waals surface area contributed by atoms with E-state index in [-0.39, 0.29) is 5.91 Å².